The lowest BCUT2D eigenvalue weighted by Crippen LogP contribution is -2.33. The van der Waals surface area contributed by atoms with Crippen molar-refractivity contribution in [2.24, 2.45) is 0 Å². The van der Waals surface area contributed by atoms with E-state index in [4.69, 9.17) is 0 Å². The van der Waals surface area contributed by atoms with Crippen LogP contribution >= 0.6 is 11.3 Å². The fourth-order valence-electron chi connectivity index (χ4n) is 2.93. The first-order valence-electron chi connectivity index (χ1n) is 7.29. The summed E-state index contributed by atoms with van der Waals surface area (Å²) in [5, 5.41) is 1.17. The number of nitrogens with zero attached hydrogens (tertiary/aromatic N) is 5. The minimum atomic E-state index is 0.598. The van der Waals surface area contributed by atoms with Gasteiger partial charge < -0.3 is 4.57 Å². The van der Waals surface area contributed by atoms with Gasteiger partial charge in [-0.2, -0.15) is 0 Å². The van der Waals surface area contributed by atoms with Crippen LogP contribution in [0.2, 0.25) is 0 Å². The normalized spacial score (nSPS) is 17.5. The lowest BCUT2D eigenvalue weighted by atomic mass is 10.1. The Morgan fingerprint density at radius 1 is 1.24 bits per heavy atom. The summed E-state index contributed by atoms with van der Waals surface area (Å²) in [7, 11) is 0. The lowest BCUT2D eigenvalue weighted by Gasteiger charge is -2.31. The molecule has 3 aromatic heterocycles. The number of hydrogen-bond donors (Lipinski definition) is 0. The third-order valence-corrected chi connectivity index (χ3v) is 5.04. The Bertz CT molecular complexity index is 680. The molecule has 4 rings (SSSR count). The van der Waals surface area contributed by atoms with E-state index in [1.54, 1.807) is 11.3 Å². The number of hydrogen-bond acceptors (Lipinski definition) is 5. The molecule has 0 aliphatic carbocycles. The molecule has 0 unspecified atom stereocenters. The minimum absolute atomic E-state index is 0.598. The first-order valence-corrected chi connectivity index (χ1v) is 8.10. The Morgan fingerprint density at radius 3 is 2.90 bits per heavy atom. The quantitative estimate of drug-likeness (QED) is 0.746. The summed E-state index contributed by atoms with van der Waals surface area (Å²) in [5.41, 5.74) is 1.02. The zero-order chi connectivity index (χ0) is 14.1. The molecule has 1 fully saturated rings. The predicted octanol–water partition coefficient (Wildman–Crippen LogP) is 2.72. The van der Waals surface area contributed by atoms with E-state index in [0.717, 1.165) is 30.0 Å². The number of thiazole rings is 1. The summed E-state index contributed by atoms with van der Waals surface area (Å²) in [6.07, 6.45) is 10.1. The van der Waals surface area contributed by atoms with E-state index in [9.17, 15) is 0 Å². The second-order valence-electron chi connectivity index (χ2n) is 5.45. The third kappa shape index (κ3) is 2.69. The second-order valence-corrected chi connectivity index (χ2v) is 6.51. The monoisotopic (exact) mass is 299 g/mol. The SMILES string of the molecule is c1cnc2sc(CN3CCC(n4ccnc4)CC3)nc2c1. The topological polar surface area (TPSA) is 46.8 Å². The Hall–Kier alpha value is -1.79. The first kappa shape index (κ1) is 12.9. The van der Waals surface area contributed by atoms with Gasteiger partial charge in [0, 0.05) is 37.7 Å². The van der Waals surface area contributed by atoms with Crippen LogP contribution in [0.15, 0.2) is 37.1 Å². The molecule has 4 heterocycles. The molecule has 6 heteroatoms. The average molecular weight is 299 g/mol. The van der Waals surface area contributed by atoms with Gasteiger partial charge >= 0.3 is 0 Å². The Balaban J connectivity index is 1.40. The van der Waals surface area contributed by atoms with Crippen molar-refractivity contribution < 1.29 is 0 Å². The highest BCUT2D eigenvalue weighted by molar-refractivity contribution is 7.18. The van der Waals surface area contributed by atoms with Gasteiger partial charge in [-0.1, -0.05) is 11.3 Å². The molecule has 0 aromatic carbocycles. The van der Waals surface area contributed by atoms with Gasteiger partial charge in [0.1, 0.15) is 15.4 Å². The van der Waals surface area contributed by atoms with E-state index in [2.05, 4.69) is 30.6 Å². The van der Waals surface area contributed by atoms with Crippen molar-refractivity contribution in [1.82, 2.24) is 24.4 Å². The number of piperidine rings is 1. The molecule has 0 spiro atoms. The molecule has 1 aliphatic rings. The van der Waals surface area contributed by atoms with Crippen molar-refractivity contribution in [3.63, 3.8) is 0 Å². The van der Waals surface area contributed by atoms with E-state index in [1.165, 1.54) is 17.8 Å². The smallest absolute Gasteiger partial charge is 0.143 e. The highest BCUT2D eigenvalue weighted by atomic mass is 32.1. The van der Waals surface area contributed by atoms with Crippen molar-refractivity contribution in [2.45, 2.75) is 25.4 Å². The van der Waals surface area contributed by atoms with Crippen LogP contribution in [0.5, 0.6) is 0 Å². The van der Waals surface area contributed by atoms with Crippen LogP contribution in [0.4, 0.5) is 0 Å². The maximum atomic E-state index is 4.67. The highest BCUT2D eigenvalue weighted by Crippen LogP contribution is 2.25. The van der Waals surface area contributed by atoms with Crippen LogP contribution in [0.3, 0.4) is 0 Å². The predicted molar refractivity (Wildman–Crippen MR) is 83.2 cm³/mol. The van der Waals surface area contributed by atoms with Gasteiger partial charge in [-0.25, -0.2) is 15.0 Å². The Kier molecular flexibility index (Phi) is 3.40. The molecule has 1 saturated heterocycles. The van der Waals surface area contributed by atoms with Crippen LogP contribution in [-0.2, 0) is 6.54 Å². The van der Waals surface area contributed by atoms with E-state index in [-0.39, 0.29) is 0 Å². The highest BCUT2D eigenvalue weighted by Gasteiger charge is 2.21. The molecule has 108 valence electrons. The fourth-order valence-corrected chi connectivity index (χ4v) is 3.88. The number of pyridine rings is 1. The molecule has 21 heavy (non-hydrogen) atoms. The van der Waals surface area contributed by atoms with Gasteiger partial charge in [0.25, 0.3) is 0 Å². The molecule has 0 amide bonds. The zero-order valence-corrected chi connectivity index (χ0v) is 12.5. The van der Waals surface area contributed by atoms with Gasteiger partial charge in [-0.15, -0.1) is 0 Å². The van der Waals surface area contributed by atoms with E-state index < -0.39 is 0 Å². The van der Waals surface area contributed by atoms with Gasteiger partial charge in [0.05, 0.1) is 12.9 Å². The molecule has 0 N–H and O–H groups in total. The number of imidazole rings is 1. The molecule has 0 bridgehead atoms. The number of aromatic nitrogens is 4. The molecule has 0 atom stereocenters. The maximum Gasteiger partial charge on any atom is 0.143 e. The largest absolute Gasteiger partial charge is 0.334 e. The molecular weight excluding hydrogens is 282 g/mol. The second kappa shape index (κ2) is 5.54. The van der Waals surface area contributed by atoms with Crippen LogP contribution in [0.25, 0.3) is 10.3 Å². The summed E-state index contributed by atoms with van der Waals surface area (Å²) in [6.45, 7) is 3.18. The summed E-state index contributed by atoms with van der Waals surface area (Å²) < 4.78 is 2.24. The van der Waals surface area contributed by atoms with Crippen LogP contribution in [-0.4, -0.2) is 37.5 Å². The molecular formula is C15H17N5S. The summed E-state index contributed by atoms with van der Waals surface area (Å²) >= 11 is 1.71. The van der Waals surface area contributed by atoms with E-state index in [1.807, 2.05) is 30.9 Å². The Labute approximate surface area is 127 Å². The first-order chi connectivity index (χ1) is 10.4. The van der Waals surface area contributed by atoms with Crippen molar-refractivity contribution >= 4 is 21.7 Å². The number of rotatable bonds is 3. The van der Waals surface area contributed by atoms with Crippen LogP contribution in [0, 0.1) is 0 Å². The van der Waals surface area contributed by atoms with Gasteiger partial charge in [0.15, 0.2) is 0 Å². The van der Waals surface area contributed by atoms with Crippen LogP contribution in [0.1, 0.15) is 23.9 Å². The number of fused-ring (bicyclic) bond motifs is 1. The zero-order valence-electron chi connectivity index (χ0n) is 11.7. The third-order valence-electron chi connectivity index (χ3n) is 4.07. The molecule has 0 saturated carbocycles. The molecule has 3 aromatic rings. The van der Waals surface area contributed by atoms with Crippen molar-refractivity contribution in [3.05, 3.63) is 42.1 Å². The molecule has 0 radical (unpaired) electrons. The Morgan fingerprint density at radius 2 is 2.14 bits per heavy atom. The van der Waals surface area contributed by atoms with Crippen molar-refractivity contribution in [3.8, 4) is 0 Å². The molecule has 5 nitrogen and oxygen atoms in total. The molecule has 1 aliphatic heterocycles. The van der Waals surface area contributed by atoms with Gasteiger partial charge in [0.2, 0.25) is 0 Å². The van der Waals surface area contributed by atoms with Gasteiger partial charge in [-0.3, -0.25) is 4.90 Å². The lowest BCUT2D eigenvalue weighted by molar-refractivity contribution is 0.179. The average Bonchev–Trinajstić information content (AvgIpc) is 3.17. The van der Waals surface area contributed by atoms with Gasteiger partial charge in [-0.05, 0) is 25.0 Å². The van der Waals surface area contributed by atoms with Crippen molar-refractivity contribution in [1.29, 1.82) is 0 Å². The van der Waals surface area contributed by atoms with Crippen LogP contribution < -0.4 is 0 Å². The summed E-state index contributed by atoms with van der Waals surface area (Å²) in [6, 6.07) is 4.58. The van der Waals surface area contributed by atoms with E-state index in [0.29, 0.717) is 6.04 Å². The summed E-state index contributed by atoms with van der Waals surface area (Å²) in [4.78, 5) is 16.7. The number of likely N-dealkylation sites (tertiary alicyclic amines) is 1. The van der Waals surface area contributed by atoms with Crippen molar-refractivity contribution in [2.75, 3.05) is 13.1 Å². The minimum Gasteiger partial charge on any atom is -0.334 e. The maximum absolute atomic E-state index is 4.67. The summed E-state index contributed by atoms with van der Waals surface area (Å²) in [5.74, 6) is 0. The standard InChI is InChI=1S/C15H17N5S/c1-2-13-15(17-5-1)21-14(18-13)10-19-7-3-12(4-8-19)20-9-6-16-11-20/h1-2,5-6,9,11-12H,3-4,7-8,10H2. The van der Waals surface area contributed by atoms with E-state index >= 15 is 0 Å². The fraction of sp³-hybridized carbons (Fsp3) is 0.400.